The van der Waals surface area contributed by atoms with E-state index < -0.39 is 14.1 Å². The van der Waals surface area contributed by atoms with E-state index in [2.05, 4.69) is 51.1 Å². The average molecular weight is 363 g/mol. The highest BCUT2D eigenvalue weighted by atomic mass is 32.2. The van der Waals surface area contributed by atoms with Crippen LogP contribution in [0.5, 0.6) is 0 Å². The van der Waals surface area contributed by atoms with E-state index in [1.165, 1.54) is 33.2 Å². The molecular formula is C20H31AlO2S. The van der Waals surface area contributed by atoms with E-state index in [0.717, 1.165) is 26.1 Å². The summed E-state index contributed by atoms with van der Waals surface area (Å²) in [5.41, 5.74) is 0. The Balaban J connectivity index is 2.00. The second kappa shape index (κ2) is 11.4. The lowest BCUT2D eigenvalue weighted by atomic mass is 10.2. The second-order valence-corrected chi connectivity index (χ2v) is 11.5. The Morgan fingerprint density at radius 1 is 1.21 bits per heavy atom. The number of thioether (sulfide) groups is 1. The van der Waals surface area contributed by atoms with Crippen molar-refractivity contribution < 1.29 is 9.47 Å². The molecule has 132 valence electrons. The Morgan fingerprint density at radius 3 is 2.58 bits per heavy atom. The van der Waals surface area contributed by atoms with Gasteiger partial charge in [0.05, 0.1) is 6.61 Å². The lowest BCUT2D eigenvalue weighted by molar-refractivity contribution is -0.161. The van der Waals surface area contributed by atoms with Gasteiger partial charge in [0.1, 0.15) is 0 Å². The van der Waals surface area contributed by atoms with Crippen LogP contribution in [0.25, 0.3) is 0 Å². The van der Waals surface area contributed by atoms with Crippen molar-refractivity contribution in [2.24, 2.45) is 0 Å². The molecule has 0 amide bonds. The van der Waals surface area contributed by atoms with Crippen LogP contribution in [0, 0.1) is 0 Å². The van der Waals surface area contributed by atoms with Gasteiger partial charge in [0.2, 0.25) is 0 Å². The largest absolute Gasteiger partial charge is 0.353 e. The van der Waals surface area contributed by atoms with Crippen LogP contribution in [0.3, 0.4) is 0 Å². The molecule has 1 unspecified atom stereocenters. The SMILES string of the molecule is C[CH2][Al]([CH2]C)/[C](C)=C(/CCOC1CCCCO1)Sc1ccccc1. The maximum Gasteiger partial charge on any atom is 0.299 e. The zero-order valence-electron chi connectivity index (χ0n) is 15.4. The topological polar surface area (TPSA) is 18.5 Å². The minimum atomic E-state index is -0.790. The quantitative estimate of drug-likeness (QED) is 0.393. The number of ether oxygens (including phenoxy) is 2. The molecule has 1 atom stereocenters. The minimum Gasteiger partial charge on any atom is -0.353 e. The van der Waals surface area contributed by atoms with Gasteiger partial charge in [-0.1, -0.05) is 61.3 Å². The Morgan fingerprint density at radius 2 is 1.96 bits per heavy atom. The molecule has 0 aromatic heterocycles. The van der Waals surface area contributed by atoms with Gasteiger partial charge in [0, 0.05) is 17.9 Å². The van der Waals surface area contributed by atoms with Crippen LogP contribution in [0.15, 0.2) is 44.6 Å². The summed E-state index contributed by atoms with van der Waals surface area (Å²) in [5.74, 6) is 0. The monoisotopic (exact) mass is 362 g/mol. The first kappa shape index (κ1) is 20.1. The highest BCUT2D eigenvalue weighted by Gasteiger charge is 2.19. The second-order valence-electron chi connectivity index (χ2n) is 6.45. The third-order valence-electron chi connectivity index (χ3n) is 4.79. The molecule has 1 fully saturated rings. The number of rotatable bonds is 9. The smallest absolute Gasteiger partial charge is 0.299 e. The molecule has 1 saturated heterocycles. The summed E-state index contributed by atoms with van der Waals surface area (Å²) in [6.07, 6.45) is 4.48. The molecule has 1 heterocycles. The van der Waals surface area contributed by atoms with Gasteiger partial charge in [-0.2, -0.15) is 0 Å². The van der Waals surface area contributed by atoms with Crippen LogP contribution in [-0.2, 0) is 9.47 Å². The number of benzene rings is 1. The summed E-state index contributed by atoms with van der Waals surface area (Å²) < 4.78 is 13.4. The number of hydrogen-bond acceptors (Lipinski definition) is 3. The Labute approximate surface area is 156 Å². The predicted molar refractivity (Wildman–Crippen MR) is 106 cm³/mol. The zero-order chi connectivity index (χ0) is 17.2. The third kappa shape index (κ3) is 6.58. The summed E-state index contributed by atoms with van der Waals surface area (Å²) in [7, 11) is 0. The van der Waals surface area contributed by atoms with Gasteiger partial charge in [0.25, 0.3) is 14.1 Å². The maximum atomic E-state index is 5.99. The van der Waals surface area contributed by atoms with E-state index in [-0.39, 0.29) is 6.29 Å². The van der Waals surface area contributed by atoms with E-state index in [1.807, 2.05) is 11.8 Å². The fourth-order valence-electron chi connectivity index (χ4n) is 3.21. The van der Waals surface area contributed by atoms with Gasteiger partial charge in [-0.15, -0.1) is 4.44 Å². The van der Waals surface area contributed by atoms with Crippen molar-refractivity contribution in [2.45, 2.75) is 68.2 Å². The molecule has 4 heteroatoms. The van der Waals surface area contributed by atoms with Crippen LogP contribution >= 0.6 is 11.8 Å². The molecule has 0 spiro atoms. The first-order valence-corrected chi connectivity index (χ1v) is 12.4. The summed E-state index contributed by atoms with van der Waals surface area (Å²) >= 11 is 1.15. The van der Waals surface area contributed by atoms with Crippen LogP contribution in [0.4, 0.5) is 0 Å². The van der Waals surface area contributed by atoms with Crippen molar-refractivity contribution in [3.63, 3.8) is 0 Å². The van der Waals surface area contributed by atoms with Gasteiger partial charge in [-0.05, 0) is 36.3 Å². The fourth-order valence-corrected chi connectivity index (χ4v) is 7.22. The first-order chi connectivity index (χ1) is 11.7. The van der Waals surface area contributed by atoms with E-state index in [4.69, 9.17) is 9.47 Å². The van der Waals surface area contributed by atoms with Crippen molar-refractivity contribution in [3.05, 3.63) is 39.7 Å². The molecule has 2 nitrogen and oxygen atoms in total. The Bertz CT molecular complexity index is 494. The number of allylic oxidation sites excluding steroid dienone is 1. The highest BCUT2D eigenvalue weighted by Crippen LogP contribution is 2.33. The molecule has 24 heavy (non-hydrogen) atoms. The fraction of sp³-hybridized carbons (Fsp3) is 0.600. The summed E-state index contributed by atoms with van der Waals surface area (Å²) in [5, 5.41) is 2.68. The molecule has 0 radical (unpaired) electrons. The molecule has 1 aliphatic rings. The van der Waals surface area contributed by atoms with Crippen LogP contribution in [-0.4, -0.2) is 33.7 Å². The van der Waals surface area contributed by atoms with E-state index >= 15 is 0 Å². The zero-order valence-corrected chi connectivity index (χ0v) is 17.4. The van der Waals surface area contributed by atoms with Crippen LogP contribution in [0.2, 0.25) is 10.6 Å². The van der Waals surface area contributed by atoms with Crippen molar-refractivity contribution in [3.8, 4) is 0 Å². The molecule has 1 aliphatic heterocycles. The van der Waals surface area contributed by atoms with Crippen molar-refractivity contribution in [2.75, 3.05) is 13.2 Å². The number of hydrogen-bond donors (Lipinski definition) is 0. The molecule has 0 bridgehead atoms. The van der Waals surface area contributed by atoms with E-state index in [1.54, 1.807) is 4.44 Å². The average Bonchev–Trinajstić information content (AvgIpc) is 2.63. The minimum absolute atomic E-state index is 0.0208. The predicted octanol–water partition coefficient (Wildman–Crippen LogP) is 6.06. The normalized spacial score (nSPS) is 19.0. The maximum absolute atomic E-state index is 5.99. The van der Waals surface area contributed by atoms with E-state index in [9.17, 15) is 0 Å². The lowest BCUT2D eigenvalue weighted by Gasteiger charge is -2.23. The highest BCUT2D eigenvalue weighted by molar-refractivity contribution is 8.03. The lowest BCUT2D eigenvalue weighted by Crippen LogP contribution is -2.23. The van der Waals surface area contributed by atoms with Gasteiger partial charge in [0.15, 0.2) is 6.29 Å². The standard InChI is InChI=1S/C16H21O2S.2C2H5.Al/c1-2-14(19-15-8-4-3-5-9-15)11-13-18-16-10-6-7-12-17-16;2*1-2;/h3-5,8-9,16H,6-7,10-13H2,1H3;2*1H2,2H3;. The molecule has 1 aromatic carbocycles. The van der Waals surface area contributed by atoms with E-state index in [0.29, 0.717) is 0 Å². The molecule has 2 rings (SSSR count). The Hall–Kier alpha value is -0.238. The van der Waals surface area contributed by atoms with Crippen LogP contribution in [0.1, 0.15) is 46.5 Å². The van der Waals surface area contributed by atoms with Crippen molar-refractivity contribution >= 4 is 25.9 Å². The van der Waals surface area contributed by atoms with Crippen molar-refractivity contribution in [1.29, 1.82) is 0 Å². The first-order valence-electron chi connectivity index (χ1n) is 9.40. The molecule has 0 saturated carbocycles. The van der Waals surface area contributed by atoms with Gasteiger partial charge < -0.3 is 9.47 Å². The molecule has 1 aromatic rings. The van der Waals surface area contributed by atoms with Gasteiger partial charge in [-0.25, -0.2) is 0 Å². The summed E-state index contributed by atoms with van der Waals surface area (Å²) in [6.45, 7) is 8.69. The van der Waals surface area contributed by atoms with Gasteiger partial charge in [-0.3, -0.25) is 0 Å². The summed E-state index contributed by atoms with van der Waals surface area (Å²) in [4.78, 5) is 2.86. The molecular weight excluding hydrogens is 331 g/mol. The molecule has 0 N–H and O–H groups in total. The molecule has 0 aliphatic carbocycles. The van der Waals surface area contributed by atoms with Crippen LogP contribution < -0.4 is 0 Å². The van der Waals surface area contributed by atoms with Gasteiger partial charge >= 0.3 is 0 Å². The third-order valence-corrected chi connectivity index (χ3v) is 9.83. The Kier molecular flexibility index (Phi) is 9.53. The van der Waals surface area contributed by atoms with Crippen molar-refractivity contribution in [1.82, 2.24) is 0 Å². The summed E-state index contributed by atoms with van der Waals surface area (Å²) in [6, 6.07) is 10.7.